The summed E-state index contributed by atoms with van der Waals surface area (Å²) < 4.78 is 0. The zero-order chi connectivity index (χ0) is 15.2. The van der Waals surface area contributed by atoms with Crippen LogP contribution in [0.15, 0.2) is 29.2 Å². The van der Waals surface area contributed by atoms with Crippen molar-refractivity contribution in [2.24, 2.45) is 0 Å². The zero-order valence-electron chi connectivity index (χ0n) is 11.5. The summed E-state index contributed by atoms with van der Waals surface area (Å²) in [5.41, 5.74) is -0.518. The molecule has 6 heteroatoms. The molecule has 0 spiro atoms. The molecule has 0 aliphatic carbocycles. The fraction of sp³-hybridized carbons (Fsp3) is 0.429. The molecule has 0 aliphatic heterocycles. The van der Waals surface area contributed by atoms with Gasteiger partial charge in [-0.1, -0.05) is 11.6 Å². The van der Waals surface area contributed by atoms with Crippen LogP contribution in [0.1, 0.15) is 26.7 Å². The molecule has 0 aliphatic rings. The Balaban J connectivity index is 2.39. The minimum Gasteiger partial charge on any atom is -0.481 e. The maximum absolute atomic E-state index is 11.8. The fourth-order valence-electron chi connectivity index (χ4n) is 1.58. The maximum Gasteiger partial charge on any atom is 0.303 e. The molecule has 1 aromatic carbocycles. The van der Waals surface area contributed by atoms with E-state index in [1.165, 1.54) is 11.8 Å². The topological polar surface area (TPSA) is 66.4 Å². The van der Waals surface area contributed by atoms with E-state index in [9.17, 15) is 9.59 Å². The molecule has 0 atom stereocenters. The number of halogens is 1. The maximum atomic E-state index is 11.8. The molecule has 0 bridgehead atoms. The van der Waals surface area contributed by atoms with Crippen LogP contribution in [0.3, 0.4) is 0 Å². The third-order valence-electron chi connectivity index (χ3n) is 2.63. The predicted octanol–water partition coefficient (Wildman–Crippen LogP) is 3.19. The molecule has 0 radical (unpaired) electrons. The predicted molar refractivity (Wildman–Crippen MR) is 81.3 cm³/mol. The summed E-state index contributed by atoms with van der Waals surface area (Å²) in [7, 11) is 0. The Kier molecular flexibility index (Phi) is 6.36. The summed E-state index contributed by atoms with van der Waals surface area (Å²) in [5, 5.41) is 12.2. The Bertz CT molecular complexity index is 474. The quantitative estimate of drug-likeness (QED) is 0.758. The SMILES string of the molecule is CC(C)(CCC(=O)O)NC(=O)CSc1ccc(Cl)cc1. The van der Waals surface area contributed by atoms with Crippen LogP contribution in [0.4, 0.5) is 0 Å². The summed E-state index contributed by atoms with van der Waals surface area (Å²) in [6, 6.07) is 7.27. The van der Waals surface area contributed by atoms with Crippen molar-refractivity contribution in [2.75, 3.05) is 5.75 Å². The van der Waals surface area contributed by atoms with Crippen molar-refractivity contribution in [2.45, 2.75) is 37.1 Å². The average molecular weight is 316 g/mol. The van der Waals surface area contributed by atoms with Gasteiger partial charge in [0.1, 0.15) is 0 Å². The first-order chi connectivity index (χ1) is 9.28. The second-order valence-electron chi connectivity index (χ2n) is 5.07. The lowest BCUT2D eigenvalue weighted by Crippen LogP contribution is -2.44. The van der Waals surface area contributed by atoms with Crippen molar-refractivity contribution < 1.29 is 14.7 Å². The highest BCUT2D eigenvalue weighted by Crippen LogP contribution is 2.20. The number of aliphatic carboxylic acids is 1. The smallest absolute Gasteiger partial charge is 0.303 e. The molecule has 4 nitrogen and oxygen atoms in total. The van der Waals surface area contributed by atoms with Crippen LogP contribution in [-0.2, 0) is 9.59 Å². The highest BCUT2D eigenvalue weighted by Gasteiger charge is 2.21. The molecule has 0 saturated heterocycles. The van der Waals surface area contributed by atoms with Gasteiger partial charge in [-0.15, -0.1) is 11.8 Å². The molecule has 1 rings (SSSR count). The van der Waals surface area contributed by atoms with Gasteiger partial charge < -0.3 is 10.4 Å². The number of rotatable bonds is 7. The first-order valence-corrected chi connectivity index (χ1v) is 7.56. The van der Waals surface area contributed by atoms with Crippen LogP contribution < -0.4 is 5.32 Å². The minimum atomic E-state index is -0.858. The van der Waals surface area contributed by atoms with E-state index in [2.05, 4.69) is 5.32 Å². The molecule has 1 amide bonds. The van der Waals surface area contributed by atoms with Gasteiger partial charge in [0.2, 0.25) is 5.91 Å². The van der Waals surface area contributed by atoms with E-state index in [0.29, 0.717) is 11.4 Å². The molecular formula is C14H18ClNO3S. The van der Waals surface area contributed by atoms with Crippen LogP contribution in [0.2, 0.25) is 5.02 Å². The van der Waals surface area contributed by atoms with Crippen molar-refractivity contribution in [3.8, 4) is 0 Å². The van der Waals surface area contributed by atoms with Gasteiger partial charge in [0.05, 0.1) is 5.75 Å². The van der Waals surface area contributed by atoms with Gasteiger partial charge in [0, 0.05) is 21.9 Å². The Morgan fingerprint density at radius 3 is 2.45 bits per heavy atom. The van der Waals surface area contributed by atoms with E-state index in [1.807, 2.05) is 26.0 Å². The number of carbonyl (C=O) groups is 2. The van der Waals surface area contributed by atoms with Crippen LogP contribution in [0.5, 0.6) is 0 Å². The molecule has 0 heterocycles. The van der Waals surface area contributed by atoms with Crippen LogP contribution >= 0.6 is 23.4 Å². The van der Waals surface area contributed by atoms with Crippen molar-refractivity contribution >= 4 is 35.2 Å². The minimum absolute atomic E-state index is 0.0393. The standard InChI is InChI=1S/C14H18ClNO3S/c1-14(2,8-7-13(18)19)16-12(17)9-20-11-5-3-10(15)4-6-11/h3-6H,7-9H2,1-2H3,(H,16,17)(H,18,19). The van der Waals surface area contributed by atoms with Gasteiger partial charge in [-0.05, 0) is 44.5 Å². The zero-order valence-corrected chi connectivity index (χ0v) is 13.1. The van der Waals surface area contributed by atoms with E-state index in [4.69, 9.17) is 16.7 Å². The number of amides is 1. The van der Waals surface area contributed by atoms with Gasteiger partial charge in [-0.25, -0.2) is 0 Å². The van der Waals surface area contributed by atoms with E-state index in [0.717, 1.165) is 4.90 Å². The van der Waals surface area contributed by atoms with E-state index in [-0.39, 0.29) is 18.1 Å². The van der Waals surface area contributed by atoms with Crippen molar-refractivity contribution in [3.05, 3.63) is 29.3 Å². The highest BCUT2D eigenvalue weighted by molar-refractivity contribution is 8.00. The lowest BCUT2D eigenvalue weighted by Gasteiger charge is -2.25. The number of carboxylic acid groups (broad SMARTS) is 1. The molecule has 110 valence electrons. The summed E-state index contributed by atoms with van der Waals surface area (Å²) >= 11 is 7.20. The van der Waals surface area contributed by atoms with E-state index >= 15 is 0 Å². The third kappa shape index (κ3) is 6.82. The number of benzene rings is 1. The number of hydrogen-bond acceptors (Lipinski definition) is 3. The van der Waals surface area contributed by atoms with Crippen molar-refractivity contribution in [1.82, 2.24) is 5.32 Å². The Morgan fingerprint density at radius 1 is 1.30 bits per heavy atom. The molecular weight excluding hydrogens is 298 g/mol. The summed E-state index contributed by atoms with van der Waals surface area (Å²) in [6.07, 6.45) is 0.442. The highest BCUT2D eigenvalue weighted by atomic mass is 35.5. The number of hydrogen-bond donors (Lipinski definition) is 2. The van der Waals surface area contributed by atoms with Crippen molar-refractivity contribution in [3.63, 3.8) is 0 Å². The first kappa shape index (κ1) is 16.9. The van der Waals surface area contributed by atoms with Crippen LogP contribution in [-0.4, -0.2) is 28.3 Å². The van der Waals surface area contributed by atoms with Crippen LogP contribution in [0.25, 0.3) is 0 Å². The monoisotopic (exact) mass is 315 g/mol. The van der Waals surface area contributed by atoms with Crippen LogP contribution in [0, 0.1) is 0 Å². The molecule has 20 heavy (non-hydrogen) atoms. The fourth-order valence-corrected chi connectivity index (χ4v) is 2.40. The third-order valence-corrected chi connectivity index (χ3v) is 3.89. The molecule has 0 saturated carbocycles. The summed E-state index contributed by atoms with van der Waals surface area (Å²) in [4.78, 5) is 23.3. The Morgan fingerprint density at radius 2 is 1.90 bits per heavy atom. The van der Waals surface area contributed by atoms with Gasteiger partial charge in [0.25, 0.3) is 0 Å². The lowest BCUT2D eigenvalue weighted by atomic mass is 9.98. The van der Waals surface area contributed by atoms with Gasteiger partial charge in [-0.3, -0.25) is 9.59 Å². The summed E-state index contributed by atoms with van der Waals surface area (Å²) in [5.74, 6) is -0.679. The Labute approximate surface area is 127 Å². The van der Waals surface area contributed by atoms with E-state index in [1.54, 1.807) is 12.1 Å². The van der Waals surface area contributed by atoms with Gasteiger partial charge >= 0.3 is 5.97 Å². The average Bonchev–Trinajstić information content (AvgIpc) is 2.35. The molecule has 2 N–H and O–H groups in total. The normalized spacial score (nSPS) is 11.2. The second kappa shape index (κ2) is 7.55. The molecule has 0 aromatic heterocycles. The summed E-state index contributed by atoms with van der Waals surface area (Å²) in [6.45, 7) is 3.64. The van der Waals surface area contributed by atoms with Crippen molar-refractivity contribution in [1.29, 1.82) is 0 Å². The lowest BCUT2D eigenvalue weighted by molar-refractivity contribution is -0.137. The Hall–Kier alpha value is -1.20. The van der Waals surface area contributed by atoms with Gasteiger partial charge in [0.15, 0.2) is 0 Å². The first-order valence-electron chi connectivity index (χ1n) is 6.20. The van der Waals surface area contributed by atoms with E-state index < -0.39 is 11.5 Å². The number of nitrogens with one attached hydrogen (secondary N) is 1. The number of carboxylic acids is 1. The molecule has 0 fully saturated rings. The molecule has 1 aromatic rings. The number of thioether (sulfide) groups is 1. The second-order valence-corrected chi connectivity index (χ2v) is 6.55. The largest absolute Gasteiger partial charge is 0.481 e. The number of carbonyl (C=O) groups excluding carboxylic acids is 1. The molecule has 0 unspecified atom stereocenters. The van der Waals surface area contributed by atoms with Gasteiger partial charge in [-0.2, -0.15) is 0 Å².